The standard InChI is InChI=1S/C18H18ClN5O2/c19-18-22-15(20-9-11-4-3-5-12(8-11)17(25)26)14-16(23-18)24(10-21-14)13-6-1-2-7-13/h3-5,8,10,13H,1-2,6-7,9H2,(H,25,26)(H,20,22,23). The van der Waals surface area contributed by atoms with Gasteiger partial charge in [0.05, 0.1) is 11.9 Å². The van der Waals surface area contributed by atoms with E-state index in [9.17, 15) is 4.79 Å². The summed E-state index contributed by atoms with van der Waals surface area (Å²) < 4.78 is 2.09. The van der Waals surface area contributed by atoms with Gasteiger partial charge in [-0.05, 0) is 42.1 Å². The highest BCUT2D eigenvalue weighted by atomic mass is 35.5. The van der Waals surface area contributed by atoms with E-state index < -0.39 is 5.97 Å². The first-order chi connectivity index (χ1) is 12.6. The van der Waals surface area contributed by atoms with Crippen molar-refractivity contribution in [1.29, 1.82) is 0 Å². The van der Waals surface area contributed by atoms with Gasteiger partial charge in [-0.25, -0.2) is 9.78 Å². The Morgan fingerprint density at radius 1 is 1.31 bits per heavy atom. The molecule has 0 spiro atoms. The number of fused-ring (bicyclic) bond motifs is 1. The third-order valence-electron chi connectivity index (χ3n) is 4.75. The highest BCUT2D eigenvalue weighted by Crippen LogP contribution is 2.33. The molecule has 2 aromatic heterocycles. The zero-order valence-electron chi connectivity index (χ0n) is 14.0. The number of carboxylic acid groups (broad SMARTS) is 1. The molecule has 134 valence electrons. The average molecular weight is 372 g/mol. The molecule has 0 bridgehead atoms. The molecule has 2 heterocycles. The fraction of sp³-hybridized carbons (Fsp3) is 0.333. The second kappa shape index (κ2) is 6.92. The molecule has 1 aromatic carbocycles. The molecule has 1 aliphatic carbocycles. The molecule has 8 heteroatoms. The van der Waals surface area contributed by atoms with E-state index in [0.717, 1.165) is 24.1 Å². The Bertz CT molecular complexity index is 965. The van der Waals surface area contributed by atoms with Crippen molar-refractivity contribution in [1.82, 2.24) is 19.5 Å². The molecule has 1 aliphatic rings. The van der Waals surface area contributed by atoms with Crippen LogP contribution < -0.4 is 5.32 Å². The van der Waals surface area contributed by atoms with Crippen molar-refractivity contribution >= 4 is 34.6 Å². The van der Waals surface area contributed by atoms with Crippen molar-refractivity contribution in [2.24, 2.45) is 0 Å². The van der Waals surface area contributed by atoms with Crippen LogP contribution >= 0.6 is 11.6 Å². The number of nitrogens with one attached hydrogen (secondary N) is 1. The van der Waals surface area contributed by atoms with Gasteiger partial charge in [0.2, 0.25) is 5.28 Å². The summed E-state index contributed by atoms with van der Waals surface area (Å²) in [4.78, 5) is 24.2. The monoisotopic (exact) mass is 371 g/mol. The number of nitrogens with zero attached hydrogens (tertiary/aromatic N) is 4. The van der Waals surface area contributed by atoms with Gasteiger partial charge in [-0.15, -0.1) is 0 Å². The molecular formula is C18H18ClN5O2. The van der Waals surface area contributed by atoms with E-state index >= 15 is 0 Å². The Balaban J connectivity index is 1.62. The minimum absolute atomic E-state index is 0.166. The molecule has 2 N–H and O–H groups in total. The maximum atomic E-state index is 11.1. The SMILES string of the molecule is O=C(O)c1cccc(CNc2nc(Cl)nc3c2ncn3C2CCCC2)c1. The molecule has 0 amide bonds. The minimum atomic E-state index is -0.949. The summed E-state index contributed by atoms with van der Waals surface area (Å²) in [7, 11) is 0. The van der Waals surface area contributed by atoms with Gasteiger partial charge >= 0.3 is 5.97 Å². The third-order valence-corrected chi connectivity index (χ3v) is 4.92. The third kappa shape index (κ3) is 3.22. The van der Waals surface area contributed by atoms with Crippen molar-refractivity contribution in [2.75, 3.05) is 5.32 Å². The van der Waals surface area contributed by atoms with Gasteiger partial charge in [0, 0.05) is 12.6 Å². The van der Waals surface area contributed by atoms with Crippen molar-refractivity contribution in [3.63, 3.8) is 0 Å². The van der Waals surface area contributed by atoms with Gasteiger partial charge in [0.15, 0.2) is 17.0 Å². The number of halogens is 1. The summed E-state index contributed by atoms with van der Waals surface area (Å²) in [6.07, 6.45) is 6.49. The molecule has 0 unspecified atom stereocenters. The van der Waals surface area contributed by atoms with Crippen molar-refractivity contribution in [3.8, 4) is 0 Å². The summed E-state index contributed by atoms with van der Waals surface area (Å²) in [5.41, 5.74) is 2.50. The number of benzene rings is 1. The van der Waals surface area contributed by atoms with Crippen LogP contribution in [-0.2, 0) is 6.54 Å². The molecule has 0 atom stereocenters. The highest BCUT2D eigenvalue weighted by molar-refractivity contribution is 6.28. The van der Waals surface area contributed by atoms with E-state index in [4.69, 9.17) is 16.7 Å². The molecule has 26 heavy (non-hydrogen) atoms. The largest absolute Gasteiger partial charge is 0.478 e. The number of rotatable bonds is 5. The number of anilines is 1. The van der Waals surface area contributed by atoms with Crippen LogP contribution in [0.15, 0.2) is 30.6 Å². The van der Waals surface area contributed by atoms with Crippen LogP contribution in [0, 0.1) is 0 Å². The first-order valence-corrected chi connectivity index (χ1v) is 8.96. The first kappa shape index (κ1) is 16.8. The summed E-state index contributed by atoms with van der Waals surface area (Å²) in [6.45, 7) is 0.417. The van der Waals surface area contributed by atoms with Gasteiger partial charge < -0.3 is 15.0 Å². The number of carboxylic acids is 1. The fourth-order valence-corrected chi connectivity index (χ4v) is 3.63. The Hall–Kier alpha value is -2.67. The maximum absolute atomic E-state index is 11.1. The van der Waals surface area contributed by atoms with Crippen molar-refractivity contribution in [2.45, 2.75) is 38.3 Å². The molecule has 1 saturated carbocycles. The highest BCUT2D eigenvalue weighted by Gasteiger charge is 2.21. The second-order valence-corrected chi connectivity index (χ2v) is 6.80. The lowest BCUT2D eigenvalue weighted by Crippen LogP contribution is -2.07. The van der Waals surface area contributed by atoms with E-state index in [1.54, 1.807) is 18.2 Å². The topological polar surface area (TPSA) is 92.9 Å². The van der Waals surface area contributed by atoms with Gasteiger partial charge in [-0.2, -0.15) is 9.97 Å². The average Bonchev–Trinajstić information content (AvgIpc) is 3.29. The molecule has 0 aliphatic heterocycles. The van der Waals surface area contributed by atoms with Crippen LogP contribution in [0.4, 0.5) is 5.82 Å². The molecule has 0 radical (unpaired) electrons. The predicted octanol–water partition coefficient (Wildman–Crippen LogP) is 3.91. The smallest absolute Gasteiger partial charge is 0.335 e. The molecule has 1 fully saturated rings. The van der Waals surface area contributed by atoms with Crippen LogP contribution in [0.5, 0.6) is 0 Å². The van der Waals surface area contributed by atoms with Crippen LogP contribution in [0.1, 0.15) is 47.6 Å². The van der Waals surface area contributed by atoms with Crippen LogP contribution in [0.3, 0.4) is 0 Å². The van der Waals surface area contributed by atoms with E-state index in [1.807, 2.05) is 12.4 Å². The lowest BCUT2D eigenvalue weighted by Gasteiger charge is -2.12. The zero-order chi connectivity index (χ0) is 18.1. The van der Waals surface area contributed by atoms with Gasteiger partial charge in [0.1, 0.15) is 0 Å². The minimum Gasteiger partial charge on any atom is -0.478 e. The van der Waals surface area contributed by atoms with E-state index in [-0.39, 0.29) is 10.8 Å². The predicted molar refractivity (Wildman–Crippen MR) is 98.6 cm³/mol. The van der Waals surface area contributed by atoms with E-state index in [1.165, 1.54) is 12.8 Å². The number of hydrogen-bond donors (Lipinski definition) is 2. The van der Waals surface area contributed by atoms with E-state index in [0.29, 0.717) is 23.9 Å². The number of imidazole rings is 1. The molecule has 3 aromatic rings. The first-order valence-electron chi connectivity index (χ1n) is 8.58. The maximum Gasteiger partial charge on any atom is 0.335 e. The molecule has 0 saturated heterocycles. The molecule has 4 rings (SSSR count). The van der Waals surface area contributed by atoms with Gasteiger partial charge in [0.25, 0.3) is 0 Å². The summed E-state index contributed by atoms with van der Waals surface area (Å²) >= 11 is 6.13. The van der Waals surface area contributed by atoms with E-state index in [2.05, 4.69) is 24.8 Å². The lowest BCUT2D eigenvalue weighted by atomic mass is 10.1. The summed E-state index contributed by atoms with van der Waals surface area (Å²) in [5.74, 6) is -0.396. The Kier molecular flexibility index (Phi) is 4.46. The Labute approximate surface area is 155 Å². The Morgan fingerprint density at radius 3 is 2.88 bits per heavy atom. The number of hydrogen-bond acceptors (Lipinski definition) is 5. The quantitative estimate of drug-likeness (QED) is 0.660. The molecular weight excluding hydrogens is 354 g/mol. The van der Waals surface area contributed by atoms with Crippen LogP contribution in [0.2, 0.25) is 5.28 Å². The normalized spacial score (nSPS) is 14.8. The van der Waals surface area contributed by atoms with Crippen LogP contribution in [0.25, 0.3) is 11.2 Å². The van der Waals surface area contributed by atoms with Crippen molar-refractivity contribution in [3.05, 3.63) is 47.0 Å². The summed E-state index contributed by atoms with van der Waals surface area (Å²) in [6, 6.07) is 7.18. The number of aromatic carboxylic acids is 1. The molecule has 7 nitrogen and oxygen atoms in total. The number of carbonyl (C=O) groups is 1. The van der Waals surface area contributed by atoms with Gasteiger partial charge in [-0.1, -0.05) is 25.0 Å². The van der Waals surface area contributed by atoms with Crippen LogP contribution in [-0.4, -0.2) is 30.6 Å². The second-order valence-electron chi connectivity index (χ2n) is 6.46. The Morgan fingerprint density at radius 2 is 2.12 bits per heavy atom. The zero-order valence-corrected chi connectivity index (χ0v) is 14.8. The fourth-order valence-electron chi connectivity index (χ4n) is 3.46. The van der Waals surface area contributed by atoms with Gasteiger partial charge in [-0.3, -0.25) is 0 Å². The number of aromatic nitrogens is 4. The summed E-state index contributed by atoms with van der Waals surface area (Å²) in [5, 5.41) is 12.5. The lowest BCUT2D eigenvalue weighted by molar-refractivity contribution is 0.0696. The van der Waals surface area contributed by atoms with Crippen molar-refractivity contribution < 1.29 is 9.90 Å².